The van der Waals surface area contributed by atoms with Crippen LogP contribution in [0.4, 0.5) is 0 Å². The predicted molar refractivity (Wildman–Crippen MR) is 149 cm³/mol. The van der Waals surface area contributed by atoms with Crippen molar-refractivity contribution < 1.29 is 0 Å². The fraction of sp³-hybridized carbons (Fsp3) is 0. The van der Waals surface area contributed by atoms with Gasteiger partial charge in [-0.25, -0.2) is 0 Å². The molecule has 2 nitrogen and oxygen atoms in total. The van der Waals surface area contributed by atoms with Crippen molar-refractivity contribution in [3.63, 3.8) is 0 Å². The van der Waals surface area contributed by atoms with Crippen LogP contribution >= 0.6 is 0 Å². The van der Waals surface area contributed by atoms with Gasteiger partial charge in [-0.15, -0.1) is 0 Å². The maximum absolute atomic E-state index is 4.06. The molecule has 0 fully saturated rings. The van der Waals surface area contributed by atoms with E-state index in [1.807, 2.05) is 24.5 Å². The minimum atomic E-state index is 1.15. The Bertz CT molecular complexity index is 1600. The predicted octanol–water partition coefficient (Wildman–Crippen LogP) is 8.52. The van der Waals surface area contributed by atoms with Gasteiger partial charge in [-0.05, 0) is 58.7 Å². The Hall–Kier alpha value is -4.69. The highest BCUT2D eigenvalue weighted by Crippen LogP contribution is 2.31. The van der Waals surface area contributed by atoms with E-state index in [4.69, 9.17) is 0 Å². The largest absolute Gasteiger partial charge is 0.309 e. The van der Waals surface area contributed by atoms with Crippen LogP contribution in [0.25, 0.3) is 51.8 Å². The van der Waals surface area contributed by atoms with Crippen LogP contribution in [-0.2, 0) is 0 Å². The minimum absolute atomic E-state index is 1.15. The molecule has 0 N–H and O–H groups in total. The highest BCUT2D eigenvalue weighted by molar-refractivity contribution is 6.09. The van der Waals surface area contributed by atoms with Crippen LogP contribution in [0.5, 0.6) is 0 Å². The molecule has 0 aliphatic heterocycles. The van der Waals surface area contributed by atoms with Gasteiger partial charge >= 0.3 is 0 Å². The number of nitrogens with zero attached hydrogens (tertiary/aromatic N) is 2. The molecule has 0 saturated carbocycles. The number of fused-ring (bicyclic) bond motifs is 3. The molecule has 0 amide bonds. The lowest BCUT2D eigenvalue weighted by Gasteiger charge is -2.08. The van der Waals surface area contributed by atoms with Gasteiger partial charge in [0.15, 0.2) is 0 Å². The second-order valence-corrected chi connectivity index (χ2v) is 8.58. The molecule has 0 aliphatic carbocycles. The van der Waals surface area contributed by atoms with E-state index in [2.05, 4.69) is 131 Å². The molecule has 0 radical (unpaired) electrons. The van der Waals surface area contributed by atoms with Crippen molar-refractivity contribution >= 4 is 46.1 Å². The fourth-order valence-corrected chi connectivity index (χ4v) is 4.51. The van der Waals surface area contributed by atoms with E-state index >= 15 is 0 Å². The first-order valence-corrected chi connectivity index (χ1v) is 11.8. The molecule has 0 saturated heterocycles. The molecule has 0 aliphatic rings. The van der Waals surface area contributed by atoms with E-state index in [1.165, 1.54) is 44.2 Å². The Kier molecular flexibility index (Phi) is 5.54. The van der Waals surface area contributed by atoms with Crippen molar-refractivity contribution in [2.45, 2.75) is 0 Å². The fourth-order valence-electron chi connectivity index (χ4n) is 4.51. The van der Waals surface area contributed by atoms with Crippen molar-refractivity contribution in [2.75, 3.05) is 0 Å². The van der Waals surface area contributed by atoms with E-state index in [0.29, 0.717) is 0 Å². The lowest BCUT2D eigenvalue weighted by molar-refractivity contribution is 1.18. The summed E-state index contributed by atoms with van der Waals surface area (Å²) in [6.45, 7) is 0. The molecule has 0 bridgehead atoms. The topological polar surface area (TPSA) is 17.8 Å². The van der Waals surface area contributed by atoms with Crippen molar-refractivity contribution in [2.24, 2.45) is 0 Å². The SMILES string of the molecule is C(=C\c1ccc(/C=C/c2ccc(-n3c4ccccc4c4ccccc43)cc2)cc1)/c1ccncc1. The van der Waals surface area contributed by atoms with Gasteiger partial charge in [0.25, 0.3) is 0 Å². The quantitative estimate of drug-likeness (QED) is 0.242. The second kappa shape index (κ2) is 9.28. The maximum atomic E-state index is 4.06. The van der Waals surface area contributed by atoms with Crippen molar-refractivity contribution in [1.29, 1.82) is 0 Å². The molecule has 4 aromatic carbocycles. The first-order valence-electron chi connectivity index (χ1n) is 11.8. The lowest BCUT2D eigenvalue weighted by Crippen LogP contribution is -1.93. The number of rotatable bonds is 5. The molecule has 2 heteroatoms. The normalized spacial score (nSPS) is 11.8. The van der Waals surface area contributed by atoms with E-state index < -0.39 is 0 Å². The molecule has 6 rings (SSSR count). The third-order valence-corrected chi connectivity index (χ3v) is 6.31. The number of para-hydroxylation sites is 2. The summed E-state index contributed by atoms with van der Waals surface area (Å²) in [6.07, 6.45) is 12.2. The Morgan fingerprint density at radius 3 is 1.31 bits per heavy atom. The number of benzene rings is 4. The Morgan fingerprint density at radius 2 is 0.829 bits per heavy atom. The van der Waals surface area contributed by atoms with Gasteiger partial charge in [0.05, 0.1) is 11.0 Å². The van der Waals surface area contributed by atoms with Crippen molar-refractivity contribution in [3.05, 3.63) is 144 Å². The maximum Gasteiger partial charge on any atom is 0.0541 e. The zero-order valence-corrected chi connectivity index (χ0v) is 19.3. The highest BCUT2D eigenvalue weighted by Gasteiger charge is 2.10. The summed E-state index contributed by atoms with van der Waals surface area (Å²) in [7, 11) is 0. The average molecular weight is 449 g/mol. The third-order valence-electron chi connectivity index (χ3n) is 6.31. The van der Waals surface area contributed by atoms with Crippen molar-refractivity contribution in [3.8, 4) is 5.69 Å². The van der Waals surface area contributed by atoms with Crippen LogP contribution in [0.1, 0.15) is 22.3 Å². The molecule has 0 atom stereocenters. The van der Waals surface area contributed by atoms with Gasteiger partial charge in [0, 0.05) is 28.9 Å². The van der Waals surface area contributed by atoms with Crippen LogP contribution < -0.4 is 0 Å². The number of hydrogen-bond donors (Lipinski definition) is 0. The molecule has 2 aromatic heterocycles. The van der Waals surface area contributed by atoms with Gasteiger partial charge in [0.2, 0.25) is 0 Å². The van der Waals surface area contributed by atoms with E-state index in [0.717, 1.165) is 5.56 Å². The molecule has 6 aromatic rings. The van der Waals surface area contributed by atoms with Crippen LogP contribution in [0.15, 0.2) is 122 Å². The first-order chi connectivity index (χ1) is 17.3. The zero-order chi connectivity index (χ0) is 23.5. The summed E-state index contributed by atoms with van der Waals surface area (Å²) in [5, 5.41) is 2.57. The summed E-state index contributed by atoms with van der Waals surface area (Å²) in [6, 6.07) is 38.6. The summed E-state index contributed by atoms with van der Waals surface area (Å²) >= 11 is 0. The standard InChI is InChI=1S/C33H24N2/c1-3-7-32-30(5-1)31-6-2-4-8-33(31)35(32)29-19-17-27(18-20-29)14-13-25-9-11-26(12-10-25)15-16-28-21-23-34-24-22-28/h1-24H/b14-13+,16-15+. The van der Waals surface area contributed by atoms with E-state index in [1.54, 1.807) is 0 Å². The smallest absolute Gasteiger partial charge is 0.0541 e. The Labute approximate surface area is 205 Å². The molecule has 35 heavy (non-hydrogen) atoms. The van der Waals surface area contributed by atoms with Gasteiger partial charge in [0.1, 0.15) is 0 Å². The van der Waals surface area contributed by atoms with E-state index in [-0.39, 0.29) is 0 Å². The molecule has 0 spiro atoms. The molecule has 0 unspecified atom stereocenters. The molecular formula is C33H24N2. The van der Waals surface area contributed by atoms with Gasteiger partial charge < -0.3 is 4.57 Å². The second-order valence-electron chi connectivity index (χ2n) is 8.58. The monoisotopic (exact) mass is 448 g/mol. The Balaban J connectivity index is 1.22. The summed E-state index contributed by atoms with van der Waals surface area (Å²) < 4.78 is 2.34. The molecular weight excluding hydrogens is 424 g/mol. The van der Waals surface area contributed by atoms with Crippen LogP contribution in [0, 0.1) is 0 Å². The molecule has 166 valence electrons. The highest BCUT2D eigenvalue weighted by atomic mass is 15.0. The third kappa shape index (κ3) is 4.30. The van der Waals surface area contributed by atoms with Crippen molar-refractivity contribution in [1.82, 2.24) is 9.55 Å². The van der Waals surface area contributed by atoms with Gasteiger partial charge in [-0.2, -0.15) is 0 Å². The first kappa shape index (κ1) is 20.9. The number of hydrogen-bond acceptors (Lipinski definition) is 1. The summed E-state index contributed by atoms with van der Waals surface area (Å²) in [5.74, 6) is 0. The van der Waals surface area contributed by atoms with Gasteiger partial charge in [-0.3, -0.25) is 4.98 Å². The van der Waals surface area contributed by atoms with Crippen LogP contribution in [0.2, 0.25) is 0 Å². The van der Waals surface area contributed by atoms with Crippen LogP contribution in [0.3, 0.4) is 0 Å². The Morgan fingerprint density at radius 1 is 0.429 bits per heavy atom. The van der Waals surface area contributed by atoms with Gasteiger partial charge in [-0.1, -0.05) is 97.1 Å². The zero-order valence-electron chi connectivity index (χ0n) is 19.3. The van der Waals surface area contributed by atoms with E-state index in [9.17, 15) is 0 Å². The van der Waals surface area contributed by atoms with Crippen LogP contribution in [-0.4, -0.2) is 9.55 Å². The number of pyridine rings is 1. The molecule has 2 heterocycles. The summed E-state index contributed by atoms with van der Waals surface area (Å²) in [4.78, 5) is 4.06. The number of aromatic nitrogens is 2. The minimum Gasteiger partial charge on any atom is -0.309 e. The average Bonchev–Trinajstić information content (AvgIpc) is 3.27. The lowest BCUT2D eigenvalue weighted by atomic mass is 10.1. The summed E-state index contributed by atoms with van der Waals surface area (Å²) in [5.41, 5.74) is 8.31.